The molecule has 0 radical (unpaired) electrons. The minimum Gasteiger partial charge on any atom is -0.451 e. The summed E-state index contributed by atoms with van der Waals surface area (Å²) in [6.07, 6.45) is 0. The van der Waals surface area contributed by atoms with Crippen molar-refractivity contribution >= 4 is 45.8 Å². The molecule has 0 unspecified atom stereocenters. The smallest absolute Gasteiger partial charge is 0.292 e. The summed E-state index contributed by atoms with van der Waals surface area (Å²) in [6, 6.07) is 9.50. The molecule has 9 heteroatoms. The number of benzene rings is 1. The number of nitrogens with one attached hydrogen (secondary N) is 2. The second kappa shape index (κ2) is 7.64. The predicted octanol–water partition coefficient (Wildman–Crippen LogP) is 5.16. The first-order valence-electron chi connectivity index (χ1n) is 9.12. The van der Waals surface area contributed by atoms with Crippen LogP contribution in [0.15, 0.2) is 39.1 Å². The van der Waals surface area contributed by atoms with E-state index in [0.717, 1.165) is 26.0 Å². The van der Waals surface area contributed by atoms with Crippen molar-refractivity contribution in [2.45, 2.75) is 43.2 Å². The van der Waals surface area contributed by atoms with E-state index in [4.69, 9.17) is 4.42 Å². The van der Waals surface area contributed by atoms with Gasteiger partial charge < -0.3 is 9.73 Å². The van der Waals surface area contributed by atoms with Crippen molar-refractivity contribution in [2.75, 3.05) is 5.32 Å². The number of nitrogens with zero attached hydrogens (tertiary/aromatic N) is 3. The molecule has 0 fully saturated rings. The molecule has 7 nitrogen and oxygen atoms in total. The van der Waals surface area contributed by atoms with Crippen LogP contribution in [0.3, 0.4) is 0 Å². The van der Waals surface area contributed by atoms with Crippen LogP contribution >= 0.6 is 23.1 Å². The van der Waals surface area contributed by atoms with Crippen LogP contribution in [0.2, 0.25) is 0 Å². The van der Waals surface area contributed by atoms with Crippen molar-refractivity contribution in [2.24, 2.45) is 0 Å². The van der Waals surface area contributed by atoms with Crippen molar-refractivity contribution in [3.05, 3.63) is 52.4 Å². The number of furan rings is 1. The summed E-state index contributed by atoms with van der Waals surface area (Å²) in [5.74, 6) is 0.999. The van der Waals surface area contributed by atoms with Gasteiger partial charge in [0.1, 0.15) is 10.6 Å². The van der Waals surface area contributed by atoms with Gasteiger partial charge in [-0.05, 0) is 13.0 Å². The Hall–Kier alpha value is -2.65. The van der Waals surface area contributed by atoms with E-state index in [1.165, 1.54) is 11.3 Å². The molecule has 0 spiro atoms. The topological polar surface area (TPSA) is 96.7 Å². The van der Waals surface area contributed by atoms with Gasteiger partial charge in [0.2, 0.25) is 0 Å². The molecule has 0 aliphatic carbocycles. The lowest BCUT2D eigenvalue weighted by atomic mass is 9.92. The molecule has 0 aliphatic rings. The van der Waals surface area contributed by atoms with Gasteiger partial charge >= 0.3 is 0 Å². The van der Waals surface area contributed by atoms with E-state index in [1.807, 2.05) is 37.3 Å². The zero-order valence-electron chi connectivity index (χ0n) is 16.6. The highest BCUT2D eigenvalue weighted by Gasteiger charge is 2.23. The second-order valence-corrected chi connectivity index (χ2v) is 10.1. The summed E-state index contributed by atoms with van der Waals surface area (Å²) in [6.45, 7) is 8.16. The van der Waals surface area contributed by atoms with Crippen LogP contribution in [0, 0.1) is 6.92 Å². The van der Waals surface area contributed by atoms with Gasteiger partial charge in [-0.25, -0.2) is 0 Å². The fraction of sp³-hybridized carbons (Fsp3) is 0.300. The van der Waals surface area contributed by atoms with Crippen LogP contribution < -0.4 is 5.32 Å². The number of amides is 1. The molecule has 0 atom stereocenters. The van der Waals surface area contributed by atoms with Gasteiger partial charge in [-0.15, -0.1) is 10.2 Å². The third-order valence-electron chi connectivity index (χ3n) is 4.38. The van der Waals surface area contributed by atoms with Gasteiger partial charge in [0, 0.05) is 33.9 Å². The van der Waals surface area contributed by atoms with E-state index < -0.39 is 0 Å². The maximum atomic E-state index is 13.0. The molecule has 0 saturated heterocycles. The Kier molecular flexibility index (Phi) is 5.18. The molecule has 3 heterocycles. The van der Waals surface area contributed by atoms with Crippen molar-refractivity contribution in [3.8, 4) is 0 Å². The van der Waals surface area contributed by atoms with Crippen LogP contribution in [0.1, 0.15) is 47.6 Å². The fourth-order valence-electron chi connectivity index (χ4n) is 2.84. The summed E-state index contributed by atoms with van der Waals surface area (Å²) < 4.78 is 6.77. The Bertz CT molecular complexity index is 1170. The number of aromatic amines is 1. The predicted molar refractivity (Wildman–Crippen MR) is 116 cm³/mol. The fourth-order valence-corrected chi connectivity index (χ4v) is 4.68. The lowest BCUT2D eigenvalue weighted by Crippen LogP contribution is -2.13. The van der Waals surface area contributed by atoms with E-state index in [1.54, 1.807) is 11.8 Å². The highest BCUT2D eigenvalue weighted by molar-refractivity contribution is 8.00. The maximum Gasteiger partial charge on any atom is 0.292 e. The number of aromatic nitrogens is 4. The Labute approximate surface area is 176 Å². The SMILES string of the molecule is Cc1nnc(SCc2c(C(=O)Nc3cc(C(C)(C)C)[nH]n3)oc3ccccc23)s1. The lowest BCUT2D eigenvalue weighted by Gasteiger charge is -2.14. The molecule has 29 heavy (non-hydrogen) atoms. The molecule has 1 amide bonds. The average Bonchev–Trinajstić information content (AvgIpc) is 3.38. The quantitative estimate of drug-likeness (QED) is 0.427. The molecule has 0 saturated carbocycles. The summed E-state index contributed by atoms with van der Waals surface area (Å²) in [5.41, 5.74) is 2.37. The standard InChI is InChI=1S/C20H21N5O2S2/c1-11-22-25-19(29-11)28-10-13-12-7-5-6-8-14(12)27-17(13)18(26)21-16-9-15(23-24-16)20(2,3)4/h5-9H,10H2,1-4H3,(H2,21,23,24,26). The molecule has 1 aromatic carbocycles. The van der Waals surface area contributed by atoms with Crippen LogP contribution in [-0.4, -0.2) is 26.3 Å². The summed E-state index contributed by atoms with van der Waals surface area (Å²) in [4.78, 5) is 13.0. The monoisotopic (exact) mass is 427 g/mol. The number of carbonyl (C=O) groups is 1. The average molecular weight is 428 g/mol. The number of hydrogen-bond donors (Lipinski definition) is 2. The first-order chi connectivity index (χ1) is 13.8. The number of para-hydroxylation sites is 1. The van der Waals surface area contributed by atoms with Crippen LogP contribution in [-0.2, 0) is 11.2 Å². The number of hydrogen-bond acceptors (Lipinski definition) is 7. The van der Waals surface area contributed by atoms with Gasteiger partial charge in [-0.2, -0.15) is 5.10 Å². The third-order valence-corrected chi connectivity index (χ3v) is 6.38. The Balaban J connectivity index is 1.61. The largest absolute Gasteiger partial charge is 0.451 e. The Morgan fingerprint density at radius 2 is 2.07 bits per heavy atom. The number of aryl methyl sites for hydroxylation is 1. The van der Waals surface area contributed by atoms with E-state index in [2.05, 4.69) is 46.5 Å². The first-order valence-corrected chi connectivity index (χ1v) is 10.9. The van der Waals surface area contributed by atoms with Gasteiger partial charge in [0.25, 0.3) is 5.91 Å². The molecular weight excluding hydrogens is 406 g/mol. The molecule has 0 bridgehead atoms. The summed E-state index contributed by atoms with van der Waals surface area (Å²) in [5, 5.41) is 20.1. The third kappa shape index (κ3) is 4.20. The molecular formula is C20H21N5O2S2. The number of H-pyrrole nitrogens is 1. The molecule has 0 aliphatic heterocycles. The van der Waals surface area contributed by atoms with Gasteiger partial charge in [0.05, 0.1) is 0 Å². The van der Waals surface area contributed by atoms with E-state index in [0.29, 0.717) is 22.9 Å². The number of fused-ring (bicyclic) bond motifs is 1. The Morgan fingerprint density at radius 3 is 2.76 bits per heavy atom. The molecule has 150 valence electrons. The van der Waals surface area contributed by atoms with Crippen molar-refractivity contribution in [3.63, 3.8) is 0 Å². The normalized spacial score (nSPS) is 11.9. The summed E-state index contributed by atoms with van der Waals surface area (Å²) >= 11 is 3.07. The van der Waals surface area contributed by atoms with E-state index >= 15 is 0 Å². The van der Waals surface area contributed by atoms with Gasteiger partial charge in [-0.1, -0.05) is 62.1 Å². The molecule has 2 N–H and O–H groups in total. The zero-order valence-corrected chi connectivity index (χ0v) is 18.2. The van der Waals surface area contributed by atoms with Gasteiger partial charge in [0.15, 0.2) is 15.9 Å². The van der Waals surface area contributed by atoms with Crippen LogP contribution in [0.4, 0.5) is 5.82 Å². The summed E-state index contributed by atoms with van der Waals surface area (Å²) in [7, 11) is 0. The maximum absolute atomic E-state index is 13.0. The number of carbonyl (C=O) groups excluding carboxylic acids is 1. The number of thioether (sulfide) groups is 1. The lowest BCUT2D eigenvalue weighted by molar-refractivity contribution is 0.0997. The van der Waals surface area contributed by atoms with Crippen LogP contribution in [0.5, 0.6) is 0 Å². The van der Waals surface area contributed by atoms with Crippen molar-refractivity contribution in [1.82, 2.24) is 20.4 Å². The Morgan fingerprint density at radius 1 is 1.28 bits per heavy atom. The van der Waals surface area contributed by atoms with Crippen molar-refractivity contribution < 1.29 is 9.21 Å². The molecule has 3 aromatic heterocycles. The molecule has 4 aromatic rings. The van der Waals surface area contributed by atoms with Crippen molar-refractivity contribution in [1.29, 1.82) is 0 Å². The number of anilines is 1. The first kappa shape index (κ1) is 19.7. The van der Waals surface area contributed by atoms with E-state index in [9.17, 15) is 4.79 Å². The van der Waals surface area contributed by atoms with Gasteiger partial charge in [-0.3, -0.25) is 9.89 Å². The highest BCUT2D eigenvalue weighted by atomic mass is 32.2. The number of rotatable bonds is 5. The van der Waals surface area contributed by atoms with E-state index in [-0.39, 0.29) is 11.3 Å². The molecule has 4 rings (SSSR count). The minimum atomic E-state index is -0.322. The highest BCUT2D eigenvalue weighted by Crippen LogP contribution is 2.33. The second-order valence-electron chi connectivity index (χ2n) is 7.65. The minimum absolute atomic E-state index is 0.0863. The van der Waals surface area contributed by atoms with Crippen LogP contribution in [0.25, 0.3) is 11.0 Å². The zero-order chi connectivity index (χ0) is 20.6.